The quantitative estimate of drug-likeness (QED) is 0.608. The average molecular weight is 187 g/mol. The molecule has 0 unspecified atom stereocenters. The van der Waals surface area contributed by atoms with Crippen LogP contribution in [0.5, 0.6) is 0 Å². The van der Waals surface area contributed by atoms with Gasteiger partial charge < -0.3 is 0 Å². The number of nitrogens with zero attached hydrogens (tertiary/aromatic N) is 1. The molecule has 0 saturated carbocycles. The van der Waals surface area contributed by atoms with E-state index in [1.165, 1.54) is 55.5 Å². The van der Waals surface area contributed by atoms with Crippen LogP contribution in [-0.2, 0) is 19.3 Å². The molecule has 0 spiro atoms. The van der Waals surface area contributed by atoms with E-state index in [2.05, 4.69) is 13.0 Å². The van der Waals surface area contributed by atoms with E-state index in [0.29, 0.717) is 5.92 Å². The highest BCUT2D eigenvalue weighted by Gasteiger charge is 2.23. The summed E-state index contributed by atoms with van der Waals surface area (Å²) >= 11 is 0. The van der Waals surface area contributed by atoms with Gasteiger partial charge >= 0.3 is 0 Å². The monoisotopic (exact) mass is 187 g/mol. The van der Waals surface area contributed by atoms with Gasteiger partial charge in [-0.2, -0.15) is 0 Å². The number of hydrogen-bond acceptors (Lipinski definition) is 1. The molecule has 0 aliphatic heterocycles. The minimum Gasteiger partial charge on any atom is -0.257 e. The van der Waals surface area contributed by atoms with E-state index >= 15 is 0 Å². The first-order valence-corrected chi connectivity index (χ1v) is 5.86. The molecule has 2 aliphatic carbocycles. The standard InChI is InChI=1S/C13H17N/c1-9-6-7-11-8-10-4-2-3-5-12(10)14-13(9)11/h8-9H,2-7H2,1H3/t9-/m0/s1. The van der Waals surface area contributed by atoms with Crippen LogP contribution in [0.1, 0.15) is 54.6 Å². The van der Waals surface area contributed by atoms with E-state index in [4.69, 9.17) is 4.98 Å². The fourth-order valence-electron chi connectivity index (χ4n) is 2.83. The highest BCUT2D eigenvalue weighted by atomic mass is 14.7. The molecule has 0 N–H and O–H groups in total. The van der Waals surface area contributed by atoms with Crippen molar-refractivity contribution in [1.29, 1.82) is 0 Å². The maximum atomic E-state index is 4.87. The normalized spacial score (nSPS) is 24.5. The van der Waals surface area contributed by atoms with Gasteiger partial charge in [0.2, 0.25) is 0 Å². The van der Waals surface area contributed by atoms with Crippen molar-refractivity contribution in [3.05, 3.63) is 28.6 Å². The molecule has 1 aromatic rings. The molecule has 1 aromatic heterocycles. The van der Waals surface area contributed by atoms with Crippen molar-refractivity contribution in [3.8, 4) is 0 Å². The van der Waals surface area contributed by atoms with Gasteiger partial charge in [-0.3, -0.25) is 4.98 Å². The second-order valence-electron chi connectivity index (χ2n) is 4.79. The largest absolute Gasteiger partial charge is 0.257 e. The van der Waals surface area contributed by atoms with Crippen molar-refractivity contribution in [3.63, 3.8) is 0 Å². The van der Waals surface area contributed by atoms with Gasteiger partial charge in [-0.25, -0.2) is 0 Å². The predicted octanol–water partition coefficient (Wildman–Crippen LogP) is 3.01. The van der Waals surface area contributed by atoms with Gasteiger partial charge in [-0.05, 0) is 55.6 Å². The van der Waals surface area contributed by atoms with Crippen molar-refractivity contribution in [2.24, 2.45) is 0 Å². The van der Waals surface area contributed by atoms with Crippen LogP contribution in [0.15, 0.2) is 6.07 Å². The van der Waals surface area contributed by atoms with Gasteiger partial charge in [0.05, 0.1) is 0 Å². The summed E-state index contributed by atoms with van der Waals surface area (Å²) in [5, 5.41) is 0. The third kappa shape index (κ3) is 1.18. The number of rotatable bonds is 0. The Morgan fingerprint density at radius 3 is 2.93 bits per heavy atom. The lowest BCUT2D eigenvalue weighted by Crippen LogP contribution is -2.08. The lowest BCUT2D eigenvalue weighted by Gasteiger charge is -2.17. The molecule has 3 rings (SSSR count). The first kappa shape index (κ1) is 8.46. The second-order valence-corrected chi connectivity index (χ2v) is 4.79. The molecule has 2 aliphatic rings. The fraction of sp³-hybridized carbons (Fsp3) is 0.615. The molecule has 14 heavy (non-hydrogen) atoms. The van der Waals surface area contributed by atoms with E-state index in [9.17, 15) is 0 Å². The van der Waals surface area contributed by atoms with Crippen LogP contribution in [0.3, 0.4) is 0 Å². The van der Waals surface area contributed by atoms with Crippen molar-refractivity contribution < 1.29 is 0 Å². The summed E-state index contributed by atoms with van der Waals surface area (Å²) in [6.45, 7) is 2.31. The smallest absolute Gasteiger partial charge is 0.0467 e. The van der Waals surface area contributed by atoms with Gasteiger partial charge in [0.1, 0.15) is 0 Å². The van der Waals surface area contributed by atoms with Gasteiger partial charge in [0.15, 0.2) is 0 Å². The van der Waals surface area contributed by atoms with Crippen LogP contribution in [0.4, 0.5) is 0 Å². The summed E-state index contributed by atoms with van der Waals surface area (Å²) in [5.74, 6) is 0.706. The Bertz CT molecular complexity index is 367. The Hall–Kier alpha value is -0.850. The van der Waals surface area contributed by atoms with E-state index in [1.54, 1.807) is 5.56 Å². The number of aromatic nitrogens is 1. The lowest BCUT2D eigenvalue weighted by molar-refractivity contribution is 0.657. The Morgan fingerprint density at radius 2 is 2.00 bits per heavy atom. The van der Waals surface area contributed by atoms with Crippen LogP contribution < -0.4 is 0 Å². The number of fused-ring (bicyclic) bond motifs is 2. The molecule has 1 heteroatoms. The molecule has 0 radical (unpaired) electrons. The minimum atomic E-state index is 0.706. The van der Waals surface area contributed by atoms with Crippen LogP contribution in [0.25, 0.3) is 0 Å². The van der Waals surface area contributed by atoms with E-state index in [0.717, 1.165) is 0 Å². The van der Waals surface area contributed by atoms with Crippen molar-refractivity contribution in [2.45, 2.75) is 51.4 Å². The maximum Gasteiger partial charge on any atom is 0.0467 e. The third-order valence-electron chi connectivity index (χ3n) is 3.73. The Labute approximate surface area is 85.6 Å². The molecule has 0 aromatic carbocycles. The predicted molar refractivity (Wildman–Crippen MR) is 57.6 cm³/mol. The highest BCUT2D eigenvalue weighted by Crippen LogP contribution is 2.33. The topological polar surface area (TPSA) is 12.9 Å². The van der Waals surface area contributed by atoms with Crippen LogP contribution in [0.2, 0.25) is 0 Å². The molecule has 0 saturated heterocycles. The zero-order valence-corrected chi connectivity index (χ0v) is 8.84. The minimum absolute atomic E-state index is 0.706. The zero-order chi connectivity index (χ0) is 9.54. The van der Waals surface area contributed by atoms with E-state index in [-0.39, 0.29) is 0 Å². The molecular weight excluding hydrogens is 170 g/mol. The second kappa shape index (κ2) is 3.08. The molecular formula is C13H17N. The summed E-state index contributed by atoms with van der Waals surface area (Å²) in [4.78, 5) is 4.87. The van der Waals surface area contributed by atoms with Crippen LogP contribution in [-0.4, -0.2) is 4.98 Å². The molecule has 1 heterocycles. The highest BCUT2D eigenvalue weighted by molar-refractivity contribution is 5.36. The third-order valence-corrected chi connectivity index (χ3v) is 3.73. The molecule has 74 valence electrons. The van der Waals surface area contributed by atoms with Crippen molar-refractivity contribution in [2.75, 3.05) is 0 Å². The first-order valence-electron chi connectivity index (χ1n) is 5.86. The molecule has 1 atom stereocenters. The Morgan fingerprint density at radius 1 is 1.14 bits per heavy atom. The summed E-state index contributed by atoms with van der Waals surface area (Å²) < 4.78 is 0. The SMILES string of the molecule is C[C@H]1CCc2cc3c(nc21)CCCC3. The zero-order valence-electron chi connectivity index (χ0n) is 8.84. The number of hydrogen-bond donors (Lipinski definition) is 0. The summed E-state index contributed by atoms with van der Waals surface area (Å²) in [6.07, 6.45) is 7.76. The van der Waals surface area contributed by atoms with E-state index in [1.807, 2.05) is 0 Å². The first-order chi connectivity index (χ1) is 6.84. The molecule has 0 bridgehead atoms. The lowest BCUT2D eigenvalue weighted by atomic mass is 9.94. The molecule has 0 amide bonds. The Balaban J connectivity index is 2.11. The van der Waals surface area contributed by atoms with Crippen molar-refractivity contribution >= 4 is 0 Å². The summed E-state index contributed by atoms with van der Waals surface area (Å²) in [7, 11) is 0. The molecule has 0 fully saturated rings. The molecule has 1 nitrogen and oxygen atoms in total. The van der Waals surface area contributed by atoms with Gasteiger partial charge in [-0.1, -0.05) is 13.0 Å². The van der Waals surface area contributed by atoms with Crippen LogP contribution in [0, 0.1) is 0 Å². The maximum absolute atomic E-state index is 4.87. The summed E-state index contributed by atoms with van der Waals surface area (Å²) in [6, 6.07) is 2.44. The average Bonchev–Trinajstić information content (AvgIpc) is 2.57. The summed E-state index contributed by atoms with van der Waals surface area (Å²) in [5.41, 5.74) is 5.90. The van der Waals surface area contributed by atoms with Crippen molar-refractivity contribution in [1.82, 2.24) is 4.98 Å². The van der Waals surface area contributed by atoms with E-state index < -0.39 is 0 Å². The van der Waals surface area contributed by atoms with Gasteiger partial charge in [0, 0.05) is 11.4 Å². The Kier molecular flexibility index (Phi) is 1.86. The van der Waals surface area contributed by atoms with Gasteiger partial charge in [0.25, 0.3) is 0 Å². The fourth-order valence-corrected chi connectivity index (χ4v) is 2.83. The number of pyridine rings is 1. The van der Waals surface area contributed by atoms with Gasteiger partial charge in [-0.15, -0.1) is 0 Å². The van der Waals surface area contributed by atoms with Crippen LogP contribution >= 0.6 is 0 Å². The number of aryl methyl sites for hydroxylation is 3.